The van der Waals surface area contributed by atoms with Gasteiger partial charge in [0.25, 0.3) is 0 Å². The maximum atomic E-state index is 14.3. The largest absolute Gasteiger partial charge is 0.394 e. The number of hydrogen-bond donors (Lipinski definition) is 1. The number of amides is 3. The maximum Gasteiger partial charge on any atom is 0.249 e. The highest BCUT2D eigenvalue weighted by atomic mass is 16.5. The molecule has 35 heavy (non-hydrogen) atoms. The van der Waals surface area contributed by atoms with Crippen LogP contribution in [0.3, 0.4) is 0 Å². The Balaban J connectivity index is 1.85. The highest BCUT2D eigenvalue weighted by molar-refractivity contribution is 6.00. The lowest BCUT2D eigenvalue weighted by Gasteiger charge is -2.41. The van der Waals surface area contributed by atoms with Crippen molar-refractivity contribution in [2.24, 2.45) is 17.8 Å². The average molecular weight is 488 g/mol. The van der Waals surface area contributed by atoms with Crippen LogP contribution in [0.15, 0.2) is 24.3 Å². The molecule has 8 nitrogen and oxygen atoms in total. The van der Waals surface area contributed by atoms with Crippen LogP contribution in [0.5, 0.6) is 0 Å². The summed E-state index contributed by atoms with van der Waals surface area (Å²) in [5, 5.41) is 10.4. The van der Waals surface area contributed by atoms with E-state index in [0.717, 1.165) is 25.7 Å². The molecule has 4 rings (SSSR count). The van der Waals surface area contributed by atoms with E-state index in [9.17, 15) is 19.5 Å². The Labute approximate surface area is 208 Å². The summed E-state index contributed by atoms with van der Waals surface area (Å²) in [6.07, 6.45) is 11.3. The van der Waals surface area contributed by atoms with Crippen LogP contribution in [0.2, 0.25) is 0 Å². The van der Waals surface area contributed by atoms with E-state index >= 15 is 0 Å². The number of nitrogens with zero attached hydrogens (tertiary/aromatic N) is 3. The number of hydrogen-bond acceptors (Lipinski definition) is 5. The van der Waals surface area contributed by atoms with Crippen LogP contribution in [0.1, 0.15) is 53.4 Å². The third kappa shape index (κ3) is 3.93. The number of fused-ring (bicyclic) bond motifs is 2. The second-order valence-corrected chi connectivity index (χ2v) is 10.9. The molecule has 3 amide bonds. The molecule has 1 unspecified atom stereocenters. The molecule has 1 N–H and O–H groups in total. The molecule has 4 aliphatic heterocycles. The van der Waals surface area contributed by atoms with Crippen LogP contribution in [-0.2, 0) is 19.1 Å². The van der Waals surface area contributed by atoms with Gasteiger partial charge in [0, 0.05) is 26.7 Å². The molecule has 0 saturated carbocycles. The zero-order valence-corrected chi connectivity index (χ0v) is 21.8. The van der Waals surface area contributed by atoms with Crippen molar-refractivity contribution in [1.82, 2.24) is 14.7 Å². The van der Waals surface area contributed by atoms with Gasteiger partial charge in [0.2, 0.25) is 17.7 Å². The predicted octanol–water partition coefficient (Wildman–Crippen LogP) is 1.98. The molecule has 194 valence electrons. The summed E-state index contributed by atoms with van der Waals surface area (Å²) in [5.41, 5.74) is -2.26. The van der Waals surface area contributed by atoms with Gasteiger partial charge in [0.15, 0.2) is 0 Å². The lowest BCUT2D eigenvalue weighted by Crippen LogP contribution is -2.59. The van der Waals surface area contributed by atoms with Crippen molar-refractivity contribution in [3.8, 4) is 0 Å². The zero-order chi connectivity index (χ0) is 25.5. The van der Waals surface area contributed by atoms with Crippen molar-refractivity contribution in [2.75, 3.05) is 33.3 Å². The molecule has 0 aromatic carbocycles. The molecule has 4 aliphatic rings. The molecular formula is C27H41N3O5. The fraction of sp³-hybridized carbons (Fsp3) is 0.741. The molecule has 0 bridgehead atoms. The van der Waals surface area contributed by atoms with Crippen LogP contribution in [-0.4, -0.2) is 94.1 Å². The normalized spacial score (nSPS) is 36.1. The van der Waals surface area contributed by atoms with Crippen molar-refractivity contribution < 1.29 is 24.2 Å². The van der Waals surface area contributed by atoms with Crippen molar-refractivity contribution in [3.63, 3.8) is 0 Å². The number of carbonyl (C=O) groups excluding carboxylic acids is 3. The molecule has 7 atom stereocenters. The van der Waals surface area contributed by atoms with Crippen molar-refractivity contribution in [2.45, 2.75) is 76.7 Å². The summed E-state index contributed by atoms with van der Waals surface area (Å²) in [5.74, 6) is -2.17. The standard InChI is InChI=1S/C27H41N3O5/c1-6-8-9-15-29-16-11-13-27-21(20-23(32)28(5)14-10-12-26(20,4)35-27)24(33)30(22(27)25(29)34)19(17-31)18(3)7-2/h10-13,18-22,31H,6-9,14-17H2,1-5H3/t18-,19-,20-,21-,22?,26+,27-/m0/s1. The lowest BCUT2D eigenvalue weighted by molar-refractivity contribution is -0.156. The monoisotopic (exact) mass is 487 g/mol. The number of likely N-dealkylation sites (N-methyl/N-ethyl adjacent to an activating group) is 1. The molecule has 8 heteroatoms. The number of likely N-dealkylation sites (tertiary alicyclic amines) is 1. The summed E-state index contributed by atoms with van der Waals surface area (Å²) in [6.45, 7) is 9.22. The molecule has 0 radical (unpaired) electrons. The molecule has 1 spiro atoms. The van der Waals surface area contributed by atoms with E-state index in [1.165, 1.54) is 0 Å². The average Bonchev–Trinajstić information content (AvgIpc) is 3.11. The van der Waals surface area contributed by atoms with Crippen molar-refractivity contribution in [3.05, 3.63) is 24.3 Å². The van der Waals surface area contributed by atoms with E-state index in [1.54, 1.807) is 16.8 Å². The SMILES string of the molecule is CCCCCN1CC=C[C@]23O[C@]4(C)C=CCN(C)C(=O)[C@@H]4[C@H]2C(=O)N([C@@H](CO)[C@@H](C)CC)C3C1=O. The number of carbonyl (C=O) groups is 3. The van der Waals surface area contributed by atoms with Gasteiger partial charge in [0.1, 0.15) is 11.6 Å². The van der Waals surface area contributed by atoms with Gasteiger partial charge in [-0.15, -0.1) is 0 Å². The molecule has 4 heterocycles. The fourth-order valence-corrected chi connectivity index (χ4v) is 6.55. The summed E-state index contributed by atoms with van der Waals surface area (Å²) in [4.78, 5) is 47.1. The van der Waals surface area contributed by atoms with Crippen LogP contribution >= 0.6 is 0 Å². The van der Waals surface area contributed by atoms with Gasteiger partial charge in [-0.25, -0.2) is 0 Å². The molecule has 2 fully saturated rings. The van der Waals surface area contributed by atoms with Crippen LogP contribution in [0, 0.1) is 17.8 Å². The smallest absolute Gasteiger partial charge is 0.249 e. The van der Waals surface area contributed by atoms with E-state index in [4.69, 9.17) is 4.74 Å². The Morgan fingerprint density at radius 1 is 1.06 bits per heavy atom. The number of ether oxygens (including phenoxy) is 1. The van der Waals surface area contributed by atoms with Gasteiger partial charge < -0.3 is 24.5 Å². The van der Waals surface area contributed by atoms with Crippen LogP contribution in [0.25, 0.3) is 0 Å². The van der Waals surface area contributed by atoms with Crippen molar-refractivity contribution in [1.29, 1.82) is 0 Å². The number of aliphatic hydroxyl groups is 1. The number of unbranched alkanes of at least 4 members (excludes halogenated alkanes) is 2. The molecule has 0 aliphatic carbocycles. The topological polar surface area (TPSA) is 90.4 Å². The third-order valence-electron chi connectivity index (χ3n) is 8.66. The first-order valence-electron chi connectivity index (χ1n) is 13.2. The molecule has 2 saturated heterocycles. The van der Waals surface area contributed by atoms with E-state index in [1.807, 2.05) is 50.0 Å². The predicted molar refractivity (Wildman–Crippen MR) is 132 cm³/mol. The van der Waals surface area contributed by atoms with E-state index in [2.05, 4.69) is 6.92 Å². The van der Waals surface area contributed by atoms with Crippen LogP contribution in [0.4, 0.5) is 0 Å². The number of aliphatic hydroxyl groups excluding tert-OH is 1. The maximum absolute atomic E-state index is 14.3. The van der Waals surface area contributed by atoms with Gasteiger partial charge in [-0.2, -0.15) is 0 Å². The van der Waals surface area contributed by atoms with Crippen LogP contribution < -0.4 is 0 Å². The quantitative estimate of drug-likeness (QED) is 0.418. The van der Waals surface area contributed by atoms with E-state index in [0.29, 0.717) is 19.6 Å². The van der Waals surface area contributed by atoms with Gasteiger partial charge in [-0.05, 0) is 19.3 Å². The molecule has 0 aromatic rings. The van der Waals surface area contributed by atoms with Gasteiger partial charge in [-0.1, -0.05) is 64.3 Å². The Morgan fingerprint density at radius 2 is 1.77 bits per heavy atom. The fourth-order valence-electron chi connectivity index (χ4n) is 6.55. The van der Waals surface area contributed by atoms with Gasteiger partial charge in [-0.3, -0.25) is 14.4 Å². The summed E-state index contributed by atoms with van der Waals surface area (Å²) >= 11 is 0. The van der Waals surface area contributed by atoms with E-state index in [-0.39, 0.29) is 30.2 Å². The highest BCUT2D eigenvalue weighted by Crippen LogP contribution is 2.58. The Morgan fingerprint density at radius 3 is 2.43 bits per heavy atom. The Kier molecular flexibility index (Phi) is 7.17. The summed E-state index contributed by atoms with van der Waals surface area (Å²) < 4.78 is 6.79. The third-order valence-corrected chi connectivity index (χ3v) is 8.66. The second kappa shape index (κ2) is 9.69. The Bertz CT molecular complexity index is 918. The molecular weight excluding hydrogens is 446 g/mol. The second-order valence-electron chi connectivity index (χ2n) is 10.9. The minimum Gasteiger partial charge on any atom is -0.394 e. The lowest BCUT2D eigenvalue weighted by atomic mass is 9.74. The highest BCUT2D eigenvalue weighted by Gasteiger charge is 2.75. The zero-order valence-electron chi connectivity index (χ0n) is 21.8. The molecule has 0 aromatic heterocycles. The summed E-state index contributed by atoms with van der Waals surface area (Å²) in [6, 6.07) is -1.45. The minimum absolute atomic E-state index is 0.0211. The van der Waals surface area contributed by atoms with E-state index < -0.39 is 35.1 Å². The summed E-state index contributed by atoms with van der Waals surface area (Å²) in [7, 11) is 1.73. The Hall–Kier alpha value is -2.19. The first-order chi connectivity index (χ1) is 16.7. The minimum atomic E-state index is -1.26. The van der Waals surface area contributed by atoms with Gasteiger partial charge >= 0.3 is 0 Å². The number of rotatable bonds is 8. The van der Waals surface area contributed by atoms with Crippen molar-refractivity contribution >= 4 is 17.7 Å². The van der Waals surface area contributed by atoms with Gasteiger partial charge in [0.05, 0.1) is 30.1 Å². The first-order valence-corrected chi connectivity index (χ1v) is 13.2. The first kappa shape index (κ1) is 25.9.